The zero-order chi connectivity index (χ0) is 17.8. The number of nitrogens with two attached hydrogens (primary N) is 1. The summed E-state index contributed by atoms with van der Waals surface area (Å²) in [5.41, 5.74) is 7.80. The first-order valence-corrected chi connectivity index (χ1v) is 7.97. The van der Waals surface area contributed by atoms with E-state index in [9.17, 15) is 0 Å². The van der Waals surface area contributed by atoms with Crippen LogP contribution in [0.15, 0.2) is 73.1 Å². The fourth-order valence-corrected chi connectivity index (χ4v) is 2.40. The van der Waals surface area contributed by atoms with Crippen LogP contribution >= 0.6 is 0 Å². The number of nitrogen functional groups attached to an aromatic ring is 1. The van der Waals surface area contributed by atoms with Crippen LogP contribution in [0, 0.1) is 0 Å². The highest BCUT2D eigenvalue weighted by Gasteiger charge is 2.11. The van der Waals surface area contributed by atoms with E-state index in [4.69, 9.17) is 5.73 Å². The first-order valence-electron chi connectivity index (χ1n) is 7.97. The SMILES string of the molecule is Nc1nc(Nc2ccccc2)nn1-c1cc(Nc2ccccc2)ncn1. The molecule has 26 heavy (non-hydrogen) atoms. The molecule has 0 spiro atoms. The van der Waals surface area contributed by atoms with Gasteiger partial charge in [-0.1, -0.05) is 36.4 Å². The second-order valence-electron chi connectivity index (χ2n) is 5.45. The molecule has 2 heterocycles. The maximum Gasteiger partial charge on any atom is 0.248 e. The Morgan fingerprint density at radius 2 is 1.46 bits per heavy atom. The van der Waals surface area contributed by atoms with Crippen molar-refractivity contribution in [2.24, 2.45) is 0 Å². The number of hydrogen-bond donors (Lipinski definition) is 3. The van der Waals surface area contributed by atoms with Crippen molar-refractivity contribution in [2.75, 3.05) is 16.4 Å². The molecule has 8 heteroatoms. The highest BCUT2D eigenvalue weighted by molar-refractivity contribution is 5.58. The van der Waals surface area contributed by atoms with Gasteiger partial charge in [0.1, 0.15) is 12.1 Å². The molecule has 8 nitrogen and oxygen atoms in total. The van der Waals surface area contributed by atoms with Crippen LogP contribution in [0.1, 0.15) is 0 Å². The Bertz CT molecular complexity index is 998. The molecule has 0 fully saturated rings. The van der Waals surface area contributed by atoms with E-state index in [2.05, 4.69) is 30.7 Å². The Kier molecular flexibility index (Phi) is 4.13. The van der Waals surface area contributed by atoms with Crippen molar-refractivity contribution in [3.63, 3.8) is 0 Å². The Morgan fingerprint density at radius 1 is 0.808 bits per heavy atom. The van der Waals surface area contributed by atoms with Gasteiger partial charge in [0.2, 0.25) is 11.9 Å². The lowest BCUT2D eigenvalue weighted by atomic mass is 10.3. The summed E-state index contributed by atoms with van der Waals surface area (Å²) in [6.07, 6.45) is 1.45. The molecule has 128 valence electrons. The summed E-state index contributed by atoms with van der Waals surface area (Å²) in [6, 6.07) is 21.1. The Balaban J connectivity index is 1.58. The van der Waals surface area contributed by atoms with Gasteiger partial charge in [-0.15, -0.1) is 5.10 Å². The number of nitrogens with one attached hydrogen (secondary N) is 2. The molecular weight excluding hydrogens is 328 g/mol. The molecule has 0 saturated carbocycles. The largest absolute Gasteiger partial charge is 0.368 e. The number of anilines is 5. The highest BCUT2D eigenvalue weighted by Crippen LogP contribution is 2.19. The standard InChI is InChI=1S/C18H16N8/c19-17-24-18(23-14-9-5-2-6-10-14)25-26(17)16-11-15(20-12-21-16)22-13-7-3-1-4-8-13/h1-12H,(H,20,21,22)(H3,19,23,24,25). The molecular formula is C18H16N8. The summed E-state index contributed by atoms with van der Waals surface area (Å²) in [5, 5.41) is 10.7. The number of rotatable bonds is 5. The van der Waals surface area contributed by atoms with E-state index in [-0.39, 0.29) is 5.95 Å². The molecule has 0 unspecified atom stereocenters. The Labute approximate surface area is 149 Å². The first kappa shape index (κ1) is 15.6. The zero-order valence-corrected chi connectivity index (χ0v) is 13.7. The van der Waals surface area contributed by atoms with Crippen LogP contribution in [-0.4, -0.2) is 24.7 Å². The van der Waals surface area contributed by atoms with Gasteiger partial charge in [0.25, 0.3) is 0 Å². The van der Waals surface area contributed by atoms with E-state index < -0.39 is 0 Å². The van der Waals surface area contributed by atoms with Gasteiger partial charge < -0.3 is 16.4 Å². The van der Waals surface area contributed by atoms with E-state index in [1.165, 1.54) is 11.0 Å². The van der Waals surface area contributed by atoms with Crippen LogP contribution in [0.25, 0.3) is 5.82 Å². The topological polar surface area (TPSA) is 107 Å². The molecule has 0 atom stereocenters. The zero-order valence-electron chi connectivity index (χ0n) is 13.7. The summed E-state index contributed by atoms with van der Waals surface area (Å²) < 4.78 is 1.46. The van der Waals surface area contributed by atoms with Crippen LogP contribution in [0.3, 0.4) is 0 Å². The molecule has 4 rings (SSSR count). The molecule has 4 N–H and O–H groups in total. The molecule has 0 saturated heterocycles. The van der Waals surface area contributed by atoms with Crippen LogP contribution < -0.4 is 16.4 Å². The van der Waals surface area contributed by atoms with E-state index in [0.717, 1.165) is 11.4 Å². The van der Waals surface area contributed by atoms with E-state index in [1.807, 2.05) is 60.7 Å². The number of aromatic nitrogens is 5. The van der Waals surface area contributed by atoms with Gasteiger partial charge in [-0.3, -0.25) is 0 Å². The summed E-state index contributed by atoms with van der Waals surface area (Å²) in [5.74, 6) is 1.77. The van der Waals surface area contributed by atoms with Crippen LogP contribution in [0.5, 0.6) is 0 Å². The number of nitrogens with zero attached hydrogens (tertiary/aromatic N) is 5. The van der Waals surface area contributed by atoms with Gasteiger partial charge >= 0.3 is 0 Å². The summed E-state index contributed by atoms with van der Waals surface area (Å²) in [7, 11) is 0. The molecule has 0 aliphatic carbocycles. The fraction of sp³-hybridized carbons (Fsp3) is 0. The van der Waals surface area contributed by atoms with Gasteiger partial charge in [0.05, 0.1) is 0 Å². The van der Waals surface area contributed by atoms with E-state index in [0.29, 0.717) is 17.6 Å². The fourth-order valence-electron chi connectivity index (χ4n) is 2.40. The van der Waals surface area contributed by atoms with E-state index in [1.54, 1.807) is 6.07 Å². The van der Waals surface area contributed by atoms with Crippen molar-refractivity contribution in [2.45, 2.75) is 0 Å². The minimum Gasteiger partial charge on any atom is -0.368 e. The second kappa shape index (κ2) is 6.89. The van der Waals surface area contributed by atoms with Crippen LogP contribution in [0.2, 0.25) is 0 Å². The lowest BCUT2D eigenvalue weighted by molar-refractivity contribution is 0.852. The van der Waals surface area contributed by atoms with Crippen molar-refractivity contribution in [3.05, 3.63) is 73.1 Å². The van der Waals surface area contributed by atoms with Gasteiger partial charge in [-0.25, -0.2) is 9.97 Å². The average Bonchev–Trinajstić information content (AvgIpc) is 3.04. The summed E-state index contributed by atoms with van der Waals surface area (Å²) >= 11 is 0. The molecule has 0 aliphatic rings. The quantitative estimate of drug-likeness (QED) is 0.510. The second-order valence-corrected chi connectivity index (χ2v) is 5.45. The highest BCUT2D eigenvalue weighted by atomic mass is 15.4. The molecule has 4 aromatic rings. The molecule has 2 aromatic carbocycles. The third-order valence-corrected chi connectivity index (χ3v) is 3.58. The van der Waals surface area contributed by atoms with Gasteiger partial charge in [-0.2, -0.15) is 9.67 Å². The maximum absolute atomic E-state index is 6.00. The molecule has 0 radical (unpaired) electrons. The monoisotopic (exact) mass is 344 g/mol. The molecule has 0 amide bonds. The van der Waals surface area contributed by atoms with Crippen LogP contribution in [-0.2, 0) is 0 Å². The number of benzene rings is 2. The predicted octanol–water partition coefficient (Wildman–Crippen LogP) is 3.13. The smallest absolute Gasteiger partial charge is 0.248 e. The lowest BCUT2D eigenvalue weighted by Gasteiger charge is -2.07. The molecule has 2 aromatic heterocycles. The minimum atomic E-state index is 0.229. The van der Waals surface area contributed by atoms with Crippen LogP contribution in [0.4, 0.5) is 29.1 Å². The summed E-state index contributed by atoms with van der Waals surface area (Å²) in [4.78, 5) is 12.7. The van der Waals surface area contributed by atoms with Crippen molar-refractivity contribution in [1.29, 1.82) is 0 Å². The van der Waals surface area contributed by atoms with Crippen molar-refractivity contribution >= 4 is 29.1 Å². The predicted molar refractivity (Wildman–Crippen MR) is 101 cm³/mol. The third-order valence-electron chi connectivity index (χ3n) is 3.58. The maximum atomic E-state index is 6.00. The van der Waals surface area contributed by atoms with Crippen molar-refractivity contribution in [3.8, 4) is 5.82 Å². The van der Waals surface area contributed by atoms with E-state index >= 15 is 0 Å². The Morgan fingerprint density at radius 3 is 2.15 bits per heavy atom. The van der Waals surface area contributed by atoms with Gasteiger partial charge in [0.15, 0.2) is 5.82 Å². The van der Waals surface area contributed by atoms with Gasteiger partial charge in [-0.05, 0) is 24.3 Å². The minimum absolute atomic E-state index is 0.229. The summed E-state index contributed by atoms with van der Waals surface area (Å²) in [6.45, 7) is 0. The number of hydrogen-bond acceptors (Lipinski definition) is 7. The van der Waals surface area contributed by atoms with Gasteiger partial charge in [0, 0.05) is 17.4 Å². The average molecular weight is 344 g/mol. The number of para-hydroxylation sites is 2. The lowest BCUT2D eigenvalue weighted by Crippen LogP contribution is -2.06. The molecule has 0 bridgehead atoms. The van der Waals surface area contributed by atoms with Crippen molar-refractivity contribution < 1.29 is 0 Å². The van der Waals surface area contributed by atoms with Crippen molar-refractivity contribution in [1.82, 2.24) is 24.7 Å². The normalized spacial score (nSPS) is 10.5. The first-order chi connectivity index (χ1) is 12.8. The Hall–Kier alpha value is -3.94. The third kappa shape index (κ3) is 3.44. The molecule has 0 aliphatic heterocycles.